The summed E-state index contributed by atoms with van der Waals surface area (Å²) in [4.78, 5) is 12.8. The molecule has 0 aromatic carbocycles. The van der Waals surface area contributed by atoms with Crippen LogP contribution in [-0.4, -0.2) is 105 Å². The summed E-state index contributed by atoms with van der Waals surface area (Å²) < 4.78 is 31.3. The number of hydrogen-bond acceptors (Lipinski definition) is 11. The highest BCUT2D eigenvalue weighted by Gasteiger charge is 2.85. The molecule has 4 saturated carbocycles. The molecule has 5 aliphatic carbocycles. The minimum atomic E-state index is -1.33. The molecule has 0 radical (unpaired) electrons. The summed E-state index contributed by atoms with van der Waals surface area (Å²) in [7, 11) is 0. The molecule has 8 aliphatic rings. The maximum Gasteiger partial charge on any atom is 0.302 e. The van der Waals surface area contributed by atoms with E-state index in [0.717, 1.165) is 32.1 Å². The van der Waals surface area contributed by atoms with Gasteiger partial charge in [-0.25, -0.2) is 0 Å². The number of carbonyl (C=O) groups is 1. The molecule has 3 heterocycles. The first-order valence-corrected chi connectivity index (χ1v) is 18.2. The van der Waals surface area contributed by atoms with Crippen LogP contribution in [0.25, 0.3) is 0 Å². The standard InChI is InChI=1S/C37H56O11/c1-17-25-20(47-37(28(17)42)30(48-37)32(5,6)43)13-33(7)22-10-9-21-31(3,4)23(46-29-27(41)26(40)19(39)15-44-29)11-12-35(21)16-36(22,35)14-24(34(25,33)8)45-18(2)38/h10,17,19-21,23-30,39-43H,9,11-16H2,1-8H3/t17-,19+,20-,21?,23-,24+,25-,26-,27+,28+,29-,30-,33-,34+,35+,36-,37+/m0/s1. The van der Waals surface area contributed by atoms with Gasteiger partial charge in [0.2, 0.25) is 5.79 Å². The minimum absolute atomic E-state index is 0.00247. The highest BCUT2D eigenvalue weighted by atomic mass is 16.8. The van der Waals surface area contributed by atoms with Crippen molar-refractivity contribution >= 4 is 5.97 Å². The molecule has 0 amide bonds. The first kappa shape index (κ1) is 34.0. The van der Waals surface area contributed by atoms with Crippen molar-refractivity contribution in [1.29, 1.82) is 0 Å². The van der Waals surface area contributed by atoms with Crippen LogP contribution in [0.3, 0.4) is 0 Å². The van der Waals surface area contributed by atoms with E-state index in [1.807, 2.05) is 0 Å². The predicted octanol–water partition coefficient (Wildman–Crippen LogP) is 2.58. The third-order valence-electron chi connectivity index (χ3n) is 15.6. The van der Waals surface area contributed by atoms with Gasteiger partial charge in [-0.05, 0) is 75.0 Å². The van der Waals surface area contributed by atoms with Gasteiger partial charge >= 0.3 is 5.97 Å². The average Bonchev–Trinajstić information content (AvgIpc) is 3.86. The van der Waals surface area contributed by atoms with Crippen LogP contribution in [0.5, 0.6) is 0 Å². The van der Waals surface area contributed by atoms with E-state index in [1.165, 1.54) is 12.5 Å². The van der Waals surface area contributed by atoms with E-state index in [-0.39, 0.29) is 70.3 Å². The molecular formula is C37H56O11. The molecule has 0 aromatic rings. The van der Waals surface area contributed by atoms with Crippen molar-refractivity contribution in [1.82, 2.24) is 0 Å². The number of fused-ring (bicyclic) bond motifs is 4. The Morgan fingerprint density at radius 2 is 1.73 bits per heavy atom. The zero-order valence-corrected chi connectivity index (χ0v) is 29.6. The van der Waals surface area contributed by atoms with Crippen molar-refractivity contribution in [3.63, 3.8) is 0 Å². The van der Waals surface area contributed by atoms with E-state index in [4.69, 9.17) is 23.7 Å². The lowest BCUT2D eigenvalue weighted by Crippen LogP contribution is -2.62. The molecule has 17 atom stereocenters. The lowest BCUT2D eigenvalue weighted by molar-refractivity contribution is -0.301. The van der Waals surface area contributed by atoms with E-state index in [9.17, 15) is 30.3 Å². The van der Waals surface area contributed by atoms with Gasteiger partial charge in [-0.1, -0.05) is 46.3 Å². The number of esters is 1. The summed E-state index contributed by atoms with van der Waals surface area (Å²) in [6.07, 6.45) is 0.206. The molecule has 270 valence electrons. The van der Waals surface area contributed by atoms with E-state index in [1.54, 1.807) is 13.8 Å². The second-order valence-corrected chi connectivity index (χ2v) is 18.5. The molecule has 8 rings (SSSR count). The van der Waals surface area contributed by atoms with Crippen LogP contribution in [0.4, 0.5) is 0 Å². The van der Waals surface area contributed by atoms with Gasteiger partial charge in [-0.15, -0.1) is 0 Å². The van der Waals surface area contributed by atoms with Crippen LogP contribution >= 0.6 is 0 Å². The zero-order chi connectivity index (χ0) is 34.8. The third kappa shape index (κ3) is 4.00. The topological polar surface area (TPSA) is 168 Å². The molecule has 1 unspecified atom stereocenters. The average molecular weight is 677 g/mol. The Morgan fingerprint density at radius 1 is 1.02 bits per heavy atom. The number of carbonyl (C=O) groups excluding carboxylic acids is 1. The molecule has 11 nitrogen and oxygen atoms in total. The summed E-state index contributed by atoms with van der Waals surface area (Å²) in [5.74, 6) is -1.59. The molecule has 5 N–H and O–H groups in total. The summed E-state index contributed by atoms with van der Waals surface area (Å²) in [6, 6.07) is 0. The molecule has 3 aliphatic heterocycles. The molecular weight excluding hydrogens is 620 g/mol. The van der Waals surface area contributed by atoms with Gasteiger partial charge in [0.15, 0.2) is 6.29 Å². The normalized spacial score (nSPS) is 57.7. The van der Waals surface area contributed by atoms with Gasteiger partial charge in [0.25, 0.3) is 0 Å². The van der Waals surface area contributed by atoms with Gasteiger partial charge in [-0.2, -0.15) is 0 Å². The predicted molar refractivity (Wildman–Crippen MR) is 170 cm³/mol. The lowest BCUT2D eigenvalue weighted by atomic mass is 9.44. The summed E-state index contributed by atoms with van der Waals surface area (Å²) >= 11 is 0. The van der Waals surface area contributed by atoms with Crippen molar-refractivity contribution in [2.24, 2.45) is 44.8 Å². The quantitative estimate of drug-likeness (QED) is 0.169. The fourth-order valence-corrected chi connectivity index (χ4v) is 13.3. The largest absolute Gasteiger partial charge is 0.462 e. The van der Waals surface area contributed by atoms with Crippen LogP contribution in [-0.2, 0) is 28.5 Å². The van der Waals surface area contributed by atoms with Crippen LogP contribution in [0.2, 0.25) is 0 Å². The Bertz CT molecular complexity index is 1410. The smallest absolute Gasteiger partial charge is 0.302 e. The Hall–Kier alpha value is -1.15. The van der Waals surface area contributed by atoms with Gasteiger partial charge in [0.05, 0.1) is 24.4 Å². The first-order valence-electron chi connectivity index (χ1n) is 18.2. The number of allylic oxidation sites excluding steroid dienone is 2. The first-order chi connectivity index (χ1) is 22.2. The molecule has 11 heteroatoms. The Morgan fingerprint density at radius 3 is 2.38 bits per heavy atom. The van der Waals surface area contributed by atoms with Crippen LogP contribution in [0.1, 0.15) is 93.9 Å². The fourth-order valence-electron chi connectivity index (χ4n) is 13.3. The SMILES string of the molecule is CC(=O)O[C@@H]1C[C@@]23C[C@@]24CC[C@H](O[C@@H]2OC[C@@H](O)[C@H](O)[C@H]2O)C(C)(C)C4CC=C3[C@]2(C)C[C@@H]3O[C@@]4(O[C@H]4C(C)(C)O)[C@H](O)[C@@H](C)[C@@H]3[C@@]12C. The van der Waals surface area contributed by atoms with E-state index in [2.05, 4.69) is 40.7 Å². The maximum atomic E-state index is 12.8. The third-order valence-corrected chi connectivity index (χ3v) is 15.6. The highest BCUT2D eigenvalue weighted by molar-refractivity contribution is 5.66. The second-order valence-electron chi connectivity index (χ2n) is 18.5. The molecule has 7 fully saturated rings. The zero-order valence-electron chi connectivity index (χ0n) is 29.6. The van der Waals surface area contributed by atoms with Gasteiger partial charge in [-0.3, -0.25) is 4.79 Å². The molecule has 0 bridgehead atoms. The Kier molecular flexibility index (Phi) is 7.10. The van der Waals surface area contributed by atoms with Crippen molar-refractivity contribution < 1.29 is 54.0 Å². The minimum Gasteiger partial charge on any atom is -0.462 e. The van der Waals surface area contributed by atoms with Gasteiger partial charge < -0.3 is 49.2 Å². The second kappa shape index (κ2) is 10.0. The van der Waals surface area contributed by atoms with Crippen molar-refractivity contribution in [2.45, 2.75) is 160 Å². The maximum absolute atomic E-state index is 12.8. The number of aliphatic hydroxyl groups excluding tert-OH is 4. The molecule has 48 heavy (non-hydrogen) atoms. The monoisotopic (exact) mass is 676 g/mol. The van der Waals surface area contributed by atoms with Crippen molar-refractivity contribution in [2.75, 3.05) is 6.61 Å². The number of ether oxygens (including phenoxy) is 5. The van der Waals surface area contributed by atoms with Crippen LogP contribution in [0, 0.1) is 44.8 Å². The summed E-state index contributed by atoms with van der Waals surface area (Å²) in [5.41, 5.74) is -1.05. The number of aliphatic hydroxyl groups is 5. The number of epoxide rings is 1. The molecule has 3 spiro atoms. The van der Waals surface area contributed by atoms with Gasteiger partial charge in [0, 0.05) is 29.1 Å². The molecule has 0 aromatic heterocycles. The van der Waals surface area contributed by atoms with Crippen LogP contribution in [0.15, 0.2) is 11.6 Å². The van der Waals surface area contributed by atoms with E-state index in [0.29, 0.717) is 6.42 Å². The van der Waals surface area contributed by atoms with Gasteiger partial charge in [0.1, 0.15) is 36.6 Å². The fraction of sp³-hybridized carbons (Fsp3) is 0.919. The Balaban J connectivity index is 1.14. The summed E-state index contributed by atoms with van der Waals surface area (Å²) in [5, 5.41) is 53.5. The lowest BCUT2D eigenvalue weighted by Gasteiger charge is -2.62. The Labute approximate surface area is 283 Å². The van der Waals surface area contributed by atoms with E-state index < -0.39 is 53.6 Å². The van der Waals surface area contributed by atoms with Crippen molar-refractivity contribution in [3.8, 4) is 0 Å². The van der Waals surface area contributed by atoms with Crippen molar-refractivity contribution in [3.05, 3.63) is 11.6 Å². The summed E-state index contributed by atoms with van der Waals surface area (Å²) in [6.45, 7) is 15.9. The number of hydrogen-bond donors (Lipinski definition) is 5. The molecule has 3 saturated heterocycles. The highest BCUT2D eigenvalue weighted by Crippen LogP contribution is 2.88. The van der Waals surface area contributed by atoms with Crippen LogP contribution < -0.4 is 0 Å². The van der Waals surface area contributed by atoms with E-state index >= 15 is 0 Å². The number of rotatable bonds is 4.